The van der Waals surface area contributed by atoms with Crippen molar-refractivity contribution in [3.05, 3.63) is 27.5 Å². The summed E-state index contributed by atoms with van der Waals surface area (Å²) in [5.74, 6) is -2.05. The number of nitrogens with zero attached hydrogens (tertiary/aromatic N) is 1. The Morgan fingerprint density at radius 1 is 1.59 bits per heavy atom. The Bertz CT molecular complexity index is 455. The Hall–Kier alpha value is -1.18. The largest absolute Gasteiger partial charge is 0.480 e. The minimum atomic E-state index is -1.38. The molecule has 0 spiro atoms. The van der Waals surface area contributed by atoms with Gasteiger partial charge in [-0.2, -0.15) is 0 Å². The van der Waals surface area contributed by atoms with Gasteiger partial charge in [-0.15, -0.1) is 0 Å². The molecule has 0 aliphatic heterocycles. The second kappa shape index (κ2) is 5.95. The van der Waals surface area contributed by atoms with Crippen LogP contribution in [0.5, 0.6) is 0 Å². The van der Waals surface area contributed by atoms with E-state index in [9.17, 15) is 9.59 Å². The van der Waals surface area contributed by atoms with Crippen molar-refractivity contribution in [3.63, 3.8) is 0 Å². The van der Waals surface area contributed by atoms with Gasteiger partial charge in [-0.1, -0.05) is 11.6 Å². The number of aliphatic carboxylic acids is 1. The molecule has 1 unspecified atom stereocenters. The SMILES string of the molecule is O=C(NC(CO)C(=O)O)c1cc(Br)cnc1Cl. The van der Waals surface area contributed by atoms with Gasteiger partial charge in [-0.05, 0) is 22.0 Å². The standard InChI is InChI=1S/C9H8BrClN2O4/c10-4-1-5(7(11)12-2-4)8(15)13-6(3-14)9(16)17/h1-2,6,14H,3H2,(H,13,15)(H,16,17). The molecule has 1 aromatic rings. The van der Waals surface area contributed by atoms with Gasteiger partial charge < -0.3 is 15.5 Å². The summed E-state index contributed by atoms with van der Waals surface area (Å²) >= 11 is 8.80. The highest BCUT2D eigenvalue weighted by Crippen LogP contribution is 2.17. The highest BCUT2D eigenvalue weighted by atomic mass is 79.9. The number of aliphatic hydroxyl groups is 1. The lowest BCUT2D eigenvalue weighted by atomic mass is 10.2. The molecule has 3 N–H and O–H groups in total. The summed E-state index contributed by atoms with van der Waals surface area (Å²) in [7, 11) is 0. The number of carbonyl (C=O) groups excluding carboxylic acids is 1. The van der Waals surface area contributed by atoms with E-state index in [1.165, 1.54) is 12.3 Å². The summed E-state index contributed by atoms with van der Waals surface area (Å²) < 4.78 is 0.530. The second-order valence-electron chi connectivity index (χ2n) is 3.04. The summed E-state index contributed by atoms with van der Waals surface area (Å²) in [5.41, 5.74) is 0.0285. The van der Waals surface area contributed by atoms with Gasteiger partial charge in [0.25, 0.3) is 5.91 Å². The van der Waals surface area contributed by atoms with Crippen molar-refractivity contribution in [3.8, 4) is 0 Å². The van der Waals surface area contributed by atoms with E-state index >= 15 is 0 Å². The highest BCUT2D eigenvalue weighted by Gasteiger charge is 2.21. The smallest absolute Gasteiger partial charge is 0.328 e. The van der Waals surface area contributed by atoms with Crippen LogP contribution in [0.1, 0.15) is 10.4 Å². The fourth-order valence-electron chi connectivity index (χ4n) is 1.00. The first-order valence-corrected chi connectivity index (χ1v) is 5.58. The van der Waals surface area contributed by atoms with Crippen molar-refractivity contribution in [2.24, 2.45) is 0 Å². The number of hydrogen-bond donors (Lipinski definition) is 3. The monoisotopic (exact) mass is 322 g/mol. The molecular formula is C9H8BrClN2O4. The van der Waals surface area contributed by atoms with E-state index in [-0.39, 0.29) is 10.7 Å². The lowest BCUT2D eigenvalue weighted by molar-refractivity contribution is -0.140. The van der Waals surface area contributed by atoms with Crippen LogP contribution in [0.25, 0.3) is 0 Å². The van der Waals surface area contributed by atoms with Crippen molar-refractivity contribution in [2.75, 3.05) is 6.61 Å². The number of rotatable bonds is 4. The molecule has 0 saturated heterocycles. The molecule has 8 heteroatoms. The second-order valence-corrected chi connectivity index (χ2v) is 4.31. The fourth-order valence-corrected chi connectivity index (χ4v) is 1.52. The van der Waals surface area contributed by atoms with Gasteiger partial charge in [0.2, 0.25) is 0 Å². The predicted octanol–water partition coefficient (Wildman–Crippen LogP) is 0.673. The van der Waals surface area contributed by atoms with Crippen molar-refractivity contribution >= 4 is 39.4 Å². The molecule has 1 aromatic heterocycles. The number of nitrogens with one attached hydrogen (secondary N) is 1. The highest BCUT2D eigenvalue weighted by molar-refractivity contribution is 9.10. The van der Waals surface area contributed by atoms with Crippen molar-refractivity contribution in [2.45, 2.75) is 6.04 Å². The van der Waals surface area contributed by atoms with Crippen LogP contribution in [0.3, 0.4) is 0 Å². The van der Waals surface area contributed by atoms with Gasteiger partial charge >= 0.3 is 5.97 Å². The topological polar surface area (TPSA) is 99.5 Å². The van der Waals surface area contributed by atoms with E-state index in [2.05, 4.69) is 26.2 Å². The minimum Gasteiger partial charge on any atom is -0.480 e. The third-order valence-corrected chi connectivity index (χ3v) is 2.57. The molecule has 1 heterocycles. The van der Waals surface area contributed by atoms with Gasteiger partial charge in [0.1, 0.15) is 5.15 Å². The van der Waals surface area contributed by atoms with E-state index in [4.69, 9.17) is 21.8 Å². The van der Waals surface area contributed by atoms with Crippen molar-refractivity contribution in [1.29, 1.82) is 0 Å². The van der Waals surface area contributed by atoms with Crippen LogP contribution in [-0.2, 0) is 4.79 Å². The average molecular weight is 324 g/mol. The molecule has 1 atom stereocenters. The number of halogens is 2. The van der Waals surface area contributed by atoms with Gasteiger partial charge in [0.15, 0.2) is 6.04 Å². The predicted molar refractivity (Wildman–Crippen MR) is 62.9 cm³/mol. The van der Waals surface area contributed by atoms with Crippen LogP contribution in [0, 0.1) is 0 Å². The van der Waals surface area contributed by atoms with Crippen molar-refractivity contribution in [1.82, 2.24) is 10.3 Å². The quantitative estimate of drug-likeness (QED) is 0.707. The number of amides is 1. The van der Waals surface area contributed by atoms with Gasteiger partial charge in [0.05, 0.1) is 12.2 Å². The number of aliphatic hydroxyl groups excluding tert-OH is 1. The van der Waals surface area contributed by atoms with Crippen LogP contribution in [0.2, 0.25) is 5.15 Å². The van der Waals surface area contributed by atoms with Crippen LogP contribution in [0.15, 0.2) is 16.7 Å². The number of carboxylic acid groups (broad SMARTS) is 1. The molecule has 0 fully saturated rings. The van der Waals surface area contributed by atoms with Crippen LogP contribution < -0.4 is 5.32 Å². The Balaban J connectivity index is 2.89. The van der Waals surface area contributed by atoms with E-state index in [1.54, 1.807) is 0 Å². The Morgan fingerprint density at radius 2 is 2.24 bits per heavy atom. The molecule has 0 aliphatic rings. The first kappa shape index (κ1) is 13.9. The zero-order valence-electron chi connectivity index (χ0n) is 8.35. The summed E-state index contributed by atoms with van der Waals surface area (Å²) in [6.07, 6.45) is 1.40. The summed E-state index contributed by atoms with van der Waals surface area (Å²) in [4.78, 5) is 26.0. The first-order chi connectivity index (χ1) is 7.95. The molecule has 6 nitrogen and oxygen atoms in total. The lowest BCUT2D eigenvalue weighted by Gasteiger charge is -2.12. The number of carboxylic acids is 1. The van der Waals surface area contributed by atoms with E-state index in [1.807, 2.05) is 0 Å². The van der Waals surface area contributed by atoms with Gasteiger partial charge in [0, 0.05) is 10.7 Å². The summed E-state index contributed by atoms with van der Waals surface area (Å²) in [5, 5.41) is 19.5. The number of pyridine rings is 1. The molecule has 0 aromatic carbocycles. The third-order valence-electron chi connectivity index (χ3n) is 1.84. The Morgan fingerprint density at radius 3 is 2.76 bits per heavy atom. The number of aromatic nitrogens is 1. The van der Waals surface area contributed by atoms with E-state index in [0.717, 1.165) is 0 Å². The molecule has 92 valence electrons. The minimum absolute atomic E-state index is 0.0285. The molecule has 17 heavy (non-hydrogen) atoms. The number of carbonyl (C=O) groups is 2. The van der Waals surface area contributed by atoms with Crippen molar-refractivity contribution < 1.29 is 19.8 Å². The molecule has 0 saturated carbocycles. The molecule has 0 bridgehead atoms. The average Bonchev–Trinajstić information content (AvgIpc) is 2.28. The van der Waals surface area contributed by atoms with Gasteiger partial charge in [-0.3, -0.25) is 4.79 Å². The zero-order valence-corrected chi connectivity index (χ0v) is 10.7. The molecule has 0 radical (unpaired) electrons. The molecular weight excluding hydrogens is 315 g/mol. The summed E-state index contributed by atoms with van der Waals surface area (Å²) in [6.45, 7) is -0.708. The maximum Gasteiger partial charge on any atom is 0.328 e. The Labute approximate surface area is 110 Å². The third kappa shape index (κ3) is 3.65. The van der Waals surface area contributed by atoms with Crippen LogP contribution in [0.4, 0.5) is 0 Å². The number of hydrogen-bond acceptors (Lipinski definition) is 4. The summed E-state index contributed by atoms with van der Waals surface area (Å²) in [6, 6.07) is 0.0265. The van der Waals surface area contributed by atoms with E-state index in [0.29, 0.717) is 4.47 Å². The first-order valence-electron chi connectivity index (χ1n) is 4.41. The van der Waals surface area contributed by atoms with Crippen LogP contribution >= 0.6 is 27.5 Å². The fraction of sp³-hybridized carbons (Fsp3) is 0.222. The molecule has 1 rings (SSSR count). The van der Waals surface area contributed by atoms with Gasteiger partial charge in [-0.25, -0.2) is 9.78 Å². The zero-order chi connectivity index (χ0) is 13.0. The molecule has 1 amide bonds. The van der Waals surface area contributed by atoms with E-state index < -0.39 is 24.5 Å². The maximum absolute atomic E-state index is 11.7. The lowest BCUT2D eigenvalue weighted by Crippen LogP contribution is -2.43. The maximum atomic E-state index is 11.7. The van der Waals surface area contributed by atoms with Crippen LogP contribution in [-0.4, -0.2) is 39.7 Å². The normalized spacial score (nSPS) is 11.9. The molecule has 0 aliphatic carbocycles. The Kier molecular flexibility index (Phi) is 4.86.